The molecule has 18 heteroatoms. The Bertz CT molecular complexity index is 1060. The third kappa shape index (κ3) is 40.6. The van der Waals surface area contributed by atoms with Gasteiger partial charge >= 0.3 is 0 Å². The van der Waals surface area contributed by atoms with Crippen LogP contribution in [0.25, 0.3) is 0 Å². The van der Waals surface area contributed by atoms with Crippen molar-refractivity contribution in [3.05, 3.63) is 0 Å². The van der Waals surface area contributed by atoms with Crippen molar-refractivity contribution in [1.82, 2.24) is 16.0 Å². The van der Waals surface area contributed by atoms with E-state index in [-0.39, 0.29) is 106 Å². The Hall–Kier alpha value is 1.07. The summed E-state index contributed by atoms with van der Waals surface area (Å²) >= 11 is 0. The molecule has 0 aromatic carbocycles. The summed E-state index contributed by atoms with van der Waals surface area (Å²) in [7, 11) is -7.47. The second-order valence-corrected chi connectivity index (χ2v) is 21.9. The van der Waals surface area contributed by atoms with Gasteiger partial charge in [-0.05, 0) is 130 Å². The van der Waals surface area contributed by atoms with Crippen LogP contribution in [0, 0.1) is 0 Å². The van der Waals surface area contributed by atoms with E-state index in [4.69, 9.17) is 22.9 Å². The van der Waals surface area contributed by atoms with Gasteiger partial charge in [0.2, 0.25) is 0 Å². The molecule has 0 amide bonds. The van der Waals surface area contributed by atoms with Crippen LogP contribution in [0.1, 0.15) is 200 Å². The van der Waals surface area contributed by atoms with Crippen molar-refractivity contribution in [2.45, 2.75) is 216 Å². The van der Waals surface area contributed by atoms with Crippen LogP contribution in [0.15, 0.2) is 0 Å². The Labute approximate surface area is 421 Å². The topological polar surface area (TPSA) is 208 Å². The van der Waals surface area contributed by atoms with Gasteiger partial charge in [-0.1, -0.05) is 129 Å². The molecule has 0 aromatic heterocycles. The molecule has 0 bridgehead atoms. The molecule has 0 aromatic rings. The third-order valence-corrected chi connectivity index (χ3v) is 16.7. The summed E-state index contributed by atoms with van der Waals surface area (Å²) in [4.78, 5) is 0. The lowest BCUT2D eigenvalue weighted by Gasteiger charge is -2.43. The molecule has 11 N–H and O–H groups in total. The molecule has 0 rings (SSSR count). The quantitative estimate of drug-likeness (QED) is 0.0286. The zero-order valence-electron chi connectivity index (χ0n) is 40.2. The number of nitrogens with two attached hydrogens (primary N) is 4. The van der Waals surface area contributed by atoms with Gasteiger partial charge < -0.3 is 38.9 Å². The van der Waals surface area contributed by atoms with E-state index < -0.39 is 35.7 Å². The molecular formula is C45H104Cl5N7O4S2. The van der Waals surface area contributed by atoms with Gasteiger partial charge in [0.1, 0.15) is 0 Å². The Morgan fingerprint density at radius 3 is 0.984 bits per heavy atom. The SMILES string of the molecule is CCCCCCCCCCCCS(=O)(=O)C(CCN)C(N)(CCCNCCCNCCCCNCCCCN)C(CCN)S(=O)(=O)CCCCCCCCCCCC.Cl.Cl.Cl.Cl.Cl. The lowest BCUT2D eigenvalue weighted by molar-refractivity contribution is 0.317. The predicted molar refractivity (Wildman–Crippen MR) is 289 cm³/mol. The molecule has 63 heavy (non-hydrogen) atoms. The van der Waals surface area contributed by atoms with Crippen molar-refractivity contribution in [3.8, 4) is 0 Å². The summed E-state index contributed by atoms with van der Waals surface area (Å²) in [5.41, 5.74) is 23.6. The smallest absolute Gasteiger partial charge is 0.155 e. The van der Waals surface area contributed by atoms with Crippen molar-refractivity contribution >= 4 is 81.7 Å². The van der Waals surface area contributed by atoms with Gasteiger partial charge in [0.25, 0.3) is 0 Å². The summed E-state index contributed by atoms with van der Waals surface area (Å²) in [6, 6.07) is 0. The number of sulfone groups is 2. The van der Waals surface area contributed by atoms with Crippen LogP contribution >= 0.6 is 62.0 Å². The maximum atomic E-state index is 14.3. The molecule has 0 spiro atoms. The third-order valence-electron chi connectivity index (χ3n) is 11.9. The predicted octanol–water partition coefficient (Wildman–Crippen LogP) is 9.36. The van der Waals surface area contributed by atoms with Gasteiger partial charge in [-0.2, -0.15) is 0 Å². The van der Waals surface area contributed by atoms with Gasteiger partial charge in [0.05, 0.1) is 22.0 Å². The Balaban J connectivity index is -0.00000162. The van der Waals surface area contributed by atoms with Crippen molar-refractivity contribution in [3.63, 3.8) is 0 Å². The first-order chi connectivity index (χ1) is 28.1. The van der Waals surface area contributed by atoms with E-state index in [1.807, 2.05) is 0 Å². The fourth-order valence-corrected chi connectivity index (χ4v) is 13.2. The van der Waals surface area contributed by atoms with E-state index in [2.05, 4.69) is 29.8 Å². The zero-order chi connectivity index (χ0) is 43.1. The number of hydrogen-bond donors (Lipinski definition) is 7. The summed E-state index contributed by atoms with van der Waals surface area (Å²) < 4.78 is 57.0. The van der Waals surface area contributed by atoms with E-state index in [0.29, 0.717) is 25.8 Å². The van der Waals surface area contributed by atoms with Gasteiger partial charge in [0, 0.05) is 5.54 Å². The molecule has 0 aliphatic carbocycles. The van der Waals surface area contributed by atoms with Crippen molar-refractivity contribution < 1.29 is 16.8 Å². The standard InChI is InChI=1S/C45H99N7O4S2.5ClH/c1-3-5-7-9-11-13-15-17-19-25-41-57(53,54)43(29-33-47)45(49,31-27-38-52-40-28-39-51-37-24-23-36-50-35-22-21-32-46)44(30-34-48)58(55,56)42-26-20-18-16-14-12-10-8-6-4-2;;;;;/h43-44,50-52H,3-42,46-49H2,1-2H3;5*1H. The van der Waals surface area contributed by atoms with Gasteiger partial charge in [-0.3, -0.25) is 0 Å². The molecule has 2 atom stereocenters. The highest BCUT2D eigenvalue weighted by Crippen LogP contribution is 2.34. The maximum absolute atomic E-state index is 14.3. The molecule has 0 aliphatic heterocycles. The van der Waals surface area contributed by atoms with Gasteiger partial charge in [0.15, 0.2) is 19.7 Å². The fraction of sp³-hybridized carbons (Fsp3) is 1.00. The lowest BCUT2D eigenvalue weighted by Crippen LogP contribution is -2.65. The summed E-state index contributed by atoms with van der Waals surface area (Å²) in [6.07, 6.45) is 28.7. The van der Waals surface area contributed by atoms with Crippen LogP contribution in [-0.4, -0.2) is 103 Å². The zero-order valence-corrected chi connectivity index (χ0v) is 46.0. The Kier molecular flexibility index (Phi) is 62.9. The fourth-order valence-electron chi connectivity index (χ4n) is 8.39. The summed E-state index contributed by atoms with van der Waals surface area (Å²) in [5.74, 6) is 0.0228. The van der Waals surface area contributed by atoms with Crippen LogP contribution in [0.2, 0.25) is 0 Å². The van der Waals surface area contributed by atoms with E-state index in [1.54, 1.807) is 0 Å². The molecule has 0 aliphatic rings. The molecule has 0 fully saturated rings. The van der Waals surface area contributed by atoms with Crippen LogP contribution < -0.4 is 38.9 Å². The van der Waals surface area contributed by atoms with E-state index >= 15 is 0 Å². The summed E-state index contributed by atoms with van der Waals surface area (Å²) in [6.45, 7) is 10.9. The lowest BCUT2D eigenvalue weighted by atomic mass is 9.83. The van der Waals surface area contributed by atoms with Crippen molar-refractivity contribution in [2.24, 2.45) is 22.9 Å². The second-order valence-electron chi connectivity index (χ2n) is 17.3. The van der Waals surface area contributed by atoms with Crippen molar-refractivity contribution in [2.75, 3.05) is 70.4 Å². The summed E-state index contributed by atoms with van der Waals surface area (Å²) in [5, 5.41) is 8.42. The van der Waals surface area contributed by atoms with E-state index in [0.717, 1.165) is 110 Å². The average molecular weight is 1050 g/mol. The van der Waals surface area contributed by atoms with Crippen LogP contribution in [0.5, 0.6) is 0 Å². The number of hydrogen-bond acceptors (Lipinski definition) is 11. The number of halogens is 5. The normalized spacial score (nSPS) is 13.4. The first-order valence-electron chi connectivity index (χ1n) is 24.5. The van der Waals surface area contributed by atoms with Gasteiger partial charge in [-0.25, -0.2) is 16.8 Å². The maximum Gasteiger partial charge on any atom is 0.155 e. The second kappa shape index (κ2) is 52.4. The molecule has 0 radical (unpaired) electrons. The van der Waals surface area contributed by atoms with Crippen LogP contribution in [0.3, 0.4) is 0 Å². The largest absolute Gasteiger partial charge is 0.330 e. The number of rotatable bonds is 47. The first kappa shape index (κ1) is 75.6. The Morgan fingerprint density at radius 1 is 0.381 bits per heavy atom. The molecular weight excluding hydrogens is 944 g/mol. The Morgan fingerprint density at radius 2 is 0.667 bits per heavy atom. The molecule has 2 unspecified atom stereocenters. The van der Waals surface area contributed by atoms with Crippen LogP contribution in [-0.2, 0) is 19.7 Å². The highest BCUT2D eigenvalue weighted by molar-refractivity contribution is 7.93. The van der Waals surface area contributed by atoms with Crippen molar-refractivity contribution in [1.29, 1.82) is 0 Å². The molecule has 0 heterocycles. The molecule has 0 saturated heterocycles. The van der Waals surface area contributed by atoms with E-state index in [1.165, 1.54) is 77.0 Å². The highest BCUT2D eigenvalue weighted by atomic mass is 35.5. The number of unbranched alkanes of at least 4 members (excludes halogenated alkanes) is 20. The minimum Gasteiger partial charge on any atom is -0.330 e. The van der Waals surface area contributed by atoms with Gasteiger partial charge in [-0.15, -0.1) is 62.0 Å². The monoisotopic (exact) mass is 1050 g/mol. The molecule has 390 valence electrons. The highest BCUT2D eigenvalue weighted by Gasteiger charge is 2.51. The molecule has 11 nitrogen and oxygen atoms in total. The average Bonchev–Trinajstić information content (AvgIpc) is 3.20. The van der Waals surface area contributed by atoms with Crippen LogP contribution in [0.4, 0.5) is 0 Å². The van der Waals surface area contributed by atoms with E-state index in [9.17, 15) is 16.8 Å². The molecule has 0 saturated carbocycles. The first-order valence-corrected chi connectivity index (χ1v) is 27.9. The minimum atomic E-state index is -3.74. The minimum absolute atomic E-state index is 0. The number of nitrogens with one attached hydrogen (secondary N) is 3.